The lowest BCUT2D eigenvalue weighted by atomic mass is 9.59. The van der Waals surface area contributed by atoms with Crippen LogP contribution in [0.3, 0.4) is 0 Å². The third-order valence-electron chi connectivity index (χ3n) is 14.4. The molecule has 318 valence electrons. The van der Waals surface area contributed by atoms with Gasteiger partial charge in [-0.3, -0.25) is 0 Å². The quantitative estimate of drug-likeness (QED) is 0.164. The van der Waals surface area contributed by atoms with E-state index in [1.165, 1.54) is 92.5 Å². The van der Waals surface area contributed by atoms with Gasteiger partial charge in [0.15, 0.2) is 0 Å². The van der Waals surface area contributed by atoms with E-state index < -0.39 is 5.41 Å². The maximum absolute atomic E-state index is 2.52. The summed E-state index contributed by atoms with van der Waals surface area (Å²) in [7, 11) is 0. The van der Waals surface area contributed by atoms with E-state index in [1.54, 1.807) is 0 Å². The molecule has 2 aliphatic rings. The number of aromatic nitrogens is 1. The minimum atomic E-state index is -0.564. The number of benzene rings is 11. The van der Waals surface area contributed by atoms with Gasteiger partial charge in [0.2, 0.25) is 0 Å². The maximum Gasteiger partial charge on any atom is 0.0736 e. The Morgan fingerprint density at radius 2 is 0.868 bits per heavy atom. The van der Waals surface area contributed by atoms with Gasteiger partial charge in [-0.25, -0.2) is 0 Å². The Labute approximate surface area is 400 Å². The molecule has 0 amide bonds. The van der Waals surface area contributed by atoms with E-state index in [9.17, 15) is 0 Å². The van der Waals surface area contributed by atoms with E-state index >= 15 is 0 Å². The van der Waals surface area contributed by atoms with E-state index in [-0.39, 0.29) is 0 Å². The van der Waals surface area contributed by atoms with E-state index in [2.05, 4.69) is 264 Å². The topological polar surface area (TPSA) is 8.17 Å². The first kappa shape index (κ1) is 38.9. The molecule has 0 fully saturated rings. The van der Waals surface area contributed by atoms with Crippen LogP contribution in [0.25, 0.3) is 71.6 Å². The molecule has 1 aliphatic carbocycles. The van der Waals surface area contributed by atoms with Gasteiger partial charge in [0.05, 0.1) is 22.1 Å². The highest BCUT2D eigenvalue weighted by atomic mass is 32.2. The van der Waals surface area contributed by atoms with E-state index in [4.69, 9.17) is 0 Å². The lowest BCUT2D eigenvalue weighted by molar-refractivity contribution is 0.707. The largest absolute Gasteiger partial charge is 0.310 e. The van der Waals surface area contributed by atoms with Crippen molar-refractivity contribution in [3.05, 3.63) is 277 Å². The van der Waals surface area contributed by atoms with Gasteiger partial charge in [-0.15, -0.1) is 0 Å². The molecular weight excluding hydrogens is 841 g/mol. The molecule has 12 aromatic rings. The number of para-hydroxylation sites is 3. The molecule has 2 nitrogen and oxygen atoms in total. The molecule has 0 bridgehead atoms. The molecule has 1 aliphatic heterocycles. The molecule has 3 heteroatoms. The Hall–Kier alpha value is -8.37. The maximum atomic E-state index is 2.52. The number of anilines is 3. The van der Waals surface area contributed by atoms with Gasteiger partial charge in [0, 0.05) is 48.8 Å². The second-order valence-electron chi connectivity index (χ2n) is 17.9. The van der Waals surface area contributed by atoms with Crippen molar-refractivity contribution >= 4 is 61.4 Å². The molecule has 11 aromatic carbocycles. The number of hydrogen-bond donors (Lipinski definition) is 0. The van der Waals surface area contributed by atoms with Gasteiger partial charge < -0.3 is 9.47 Å². The van der Waals surface area contributed by atoms with E-state index in [0.29, 0.717) is 0 Å². The van der Waals surface area contributed by atoms with Crippen LogP contribution in [0.2, 0.25) is 0 Å². The Morgan fingerprint density at radius 1 is 0.338 bits per heavy atom. The summed E-state index contributed by atoms with van der Waals surface area (Å²) in [5, 5.41) is 5.02. The first-order chi connectivity index (χ1) is 33.8. The monoisotopic (exact) mass is 882 g/mol. The zero-order valence-corrected chi connectivity index (χ0v) is 37.9. The van der Waals surface area contributed by atoms with Crippen LogP contribution in [-0.4, -0.2) is 4.57 Å². The summed E-state index contributed by atoms with van der Waals surface area (Å²) in [6.07, 6.45) is 0. The summed E-state index contributed by atoms with van der Waals surface area (Å²) >= 11 is 1.89. The number of fused-ring (bicyclic) bond motifs is 11. The molecule has 2 heterocycles. The third-order valence-corrected chi connectivity index (χ3v) is 15.6. The molecule has 0 radical (unpaired) electrons. The zero-order valence-electron chi connectivity index (χ0n) is 37.1. The van der Waals surface area contributed by atoms with Gasteiger partial charge in [0.1, 0.15) is 0 Å². The molecule has 0 saturated carbocycles. The summed E-state index contributed by atoms with van der Waals surface area (Å²) in [4.78, 5) is 5.05. The van der Waals surface area contributed by atoms with Crippen molar-refractivity contribution in [1.82, 2.24) is 4.57 Å². The average molecular weight is 883 g/mol. The first-order valence-corrected chi connectivity index (χ1v) is 24.2. The predicted molar refractivity (Wildman–Crippen MR) is 285 cm³/mol. The lowest BCUT2D eigenvalue weighted by Gasteiger charge is -2.46. The smallest absolute Gasteiger partial charge is 0.0736 e. The van der Waals surface area contributed by atoms with Gasteiger partial charge in [-0.2, -0.15) is 0 Å². The van der Waals surface area contributed by atoms with Crippen molar-refractivity contribution in [3.63, 3.8) is 0 Å². The predicted octanol–water partition coefficient (Wildman–Crippen LogP) is 17.6. The normalized spacial score (nSPS) is 13.1. The van der Waals surface area contributed by atoms with Crippen molar-refractivity contribution in [3.8, 4) is 39.1 Å². The summed E-state index contributed by atoms with van der Waals surface area (Å²) in [6.45, 7) is 0. The number of rotatable bonds is 6. The second-order valence-corrected chi connectivity index (χ2v) is 19.0. The molecule has 1 aromatic heterocycles. The van der Waals surface area contributed by atoms with Crippen LogP contribution in [-0.2, 0) is 5.41 Å². The molecule has 0 unspecified atom stereocenters. The highest BCUT2D eigenvalue weighted by Gasteiger charge is 2.48. The Bertz CT molecular complexity index is 3840. The van der Waals surface area contributed by atoms with Gasteiger partial charge in [0.25, 0.3) is 0 Å². The van der Waals surface area contributed by atoms with Crippen LogP contribution in [0.1, 0.15) is 22.3 Å². The lowest BCUT2D eigenvalue weighted by Crippen LogP contribution is -2.36. The van der Waals surface area contributed by atoms with Gasteiger partial charge >= 0.3 is 0 Å². The average Bonchev–Trinajstić information content (AvgIpc) is 3.74. The molecular formula is C65H42N2S. The van der Waals surface area contributed by atoms with E-state index in [0.717, 1.165) is 28.3 Å². The summed E-state index contributed by atoms with van der Waals surface area (Å²) in [6, 6.07) is 94.5. The van der Waals surface area contributed by atoms with Crippen LogP contribution >= 0.6 is 11.8 Å². The molecule has 1 spiro atoms. The minimum absolute atomic E-state index is 0.564. The van der Waals surface area contributed by atoms with Crippen molar-refractivity contribution in [2.45, 2.75) is 15.2 Å². The molecule has 0 saturated heterocycles. The summed E-state index contributed by atoms with van der Waals surface area (Å²) in [5.74, 6) is 0. The van der Waals surface area contributed by atoms with Crippen molar-refractivity contribution in [2.75, 3.05) is 4.90 Å². The summed E-state index contributed by atoms with van der Waals surface area (Å²) < 4.78 is 2.52. The van der Waals surface area contributed by atoms with Crippen molar-refractivity contribution in [2.24, 2.45) is 0 Å². The van der Waals surface area contributed by atoms with Crippen LogP contribution in [0, 0.1) is 0 Å². The Morgan fingerprint density at radius 3 is 1.57 bits per heavy atom. The second kappa shape index (κ2) is 15.4. The minimum Gasteiger partial charge on any atom is -0.310 e. The fourth-order valence-corrected chi connectivity index (χ4v) is 12.9. The SMILES string of the molecule is c1ccc(-c2cccc(-c3ccccc3)c2-n2c3ccccc3c3ccc(N(c4ccccc4)c4ccc5c(c4)C4(c6ccccc6Sc6ccccc64)c4cccc6cccc-5c46)cc32)cc1. The standard InChI is InChI=1S/C65H42N2S/c1-4-19-43(20-5-1)49-28-18-29-50(44-21-6-2-7-22-44)64(49)67-59-34-13-10-27-52(59)53-40-38-48(42-60(53)67)66(46-25-8-3-9-26-46)47-37-39-51-54-30-16-23-45-24-17-33-57(63(45)54)65(58(51)41-47)55-31-11-14-35-61(55)68-62-36-15-12-32-56(62)65/h1-42H. The Kier molecular flexibility index (Phi) is 8.77. The zero-order chi connectivity index (χ0) is 44.8. The molecule has 68 heavy (non-hydrogen) atoms. The molecule has 0 N–H and O–H groups in total. The van der Waals surface area contributed by atoms with Gasteiger partial charge in [-0.05, 0) is 110 Å². The van der Waals surface area contributed by atoms with Crippen LogP contribution in [0.4, 0.5) is 17.1 Å². The van der Waals surface area contributed by atoms with Crippen molar-refractivity contribution in [1.29, 1.82) is 0 Å². The highest BCUT2D eigenvalue weighted by Crippen LogP contribution is 2.62. The van der Waals surface area contributed by atoms with Crippen LogP contribution in [0.15, 0.2) is 265 Å². The third kappa shape index (κ3) is 5.66. The first-order valence-electron chi connectivity index (χ1n) is 23.4. The summed E-state index contributed by atoms with van der Waals surface area (Å²) in [5.41, 5.74) is 18.7. The fraction of sp³-hybridized carbons (Fsp3) is 0.0154. The number of nitrogens with zero attached hydrogens (tertiary/aromatic N) is 2. The fourth-order valence-electron chi connectivity index (χ4n) is 11.7. The highest BCUT2D eigenvalue weighted by molar-refractivity contribution is 7.99. The number of hydrogen-bond acceptors (Lipinski definition) is 2. The van der Waals surface area contributed by atoms with E-state index in [1.807, 2.05) is 11.8 Å². The van der Waals surface area contributed by atoms with Gasteiger partial charge in [-0.1, -0.05) is 212 Å². The van der Waals surface area contributed by atoms with Crippen LogP contribution < -0.4 is 4.90 Å². The van der Waals surface area contributed by atoms with Crippen molar-refractivity contribution < 1.29 is 0 Å². The Balaban J connectivity index is 1.06. The molecule has 14 rings (SSSR count). The molecule has 0 atom stereocenters. The van der Waals surface area contributed by atoms with Crippen LogP contribution in [0.5, 0.6) is 0 Å².